The lowest BCUT2D eigenvalue weighted by Gasteiger charge is -2.13. The Hall–Kier alpha value is -3.19. The maximum atomic E-state index is 12.7. The zero-order valence-corrected chi connectivity index (χ0v) is 19.8. The Balaban J connectivity index is 1.28. The first kappa shape index (κ1) is 21.6. The molecule has 0 saturated carbocycles. The number of carbonyl (C=O) groups excluding carboxylic acids is 1. The third-order valence-corrected chi connectivity index (χ3v) is 7.21. The van der Waals surface area contributed by atoms with E-state index < -0.39 is 0 Å². The number of benzene rings is 2. The van der Waals surface area contributed by atoms with E-state index in [1.54, 1.807) is 7.11 Å². The Morgan fingerprint density at radius 1 is 1.15 bits per heavy atom. The Morgan fingerprint density at radius 2 is 2.03 bits per heavy atom. The van der Waals surface area contributed by atoms with E-state index in [2.05, 4.69) is 17.6 Å². The number of imidazole rings is 1. The van der Waals surface area contributed by atoms with E-state index >= 15 is 0 Å². The van der Waals surface area contributed by atoms with Gasteiger partial charge in [-0.05, 0) is 49.1 Å². The van der Waals surface area contributed by atoms with Crippen LogP contribution in [0, 0.1) is 0 Å². The van der Waals surface area contributed by atoms with E-state index in [1.807, 2.05) is 36.4 Å². The van der Waals surface area contributed by atoms with Gasteiger partial charge in [0.05, 0.1) is 35.8 Å². The monoisotopic (exact) mass is 461 g/mol. The summed E-state index contributed by atoms with van der Waals surface area (Å²) in [7, 11) is 1.65. The molecule has 5 rings (SSSR count). The lowest BCUT2D eigenvalue weighted by molar-refractivity contribution is -0.144. The minimum atomic E-state index is -0.246. The van der Waals surface area contributed by atoms with Gasteiger partial charge in [0.25, 0.3) is 0 Å². The van der Waals surface area contributed by atoms with Crippen molar-refractivity contribution < 1.29 is 14.3 Å². The summed E-state index contributed by atoms with van der Waals surface area (Å²) in [5, 5.41) is 0.862. The molecule has 2 aromatic heterocycles. The third-order valence-electron chi connectivity index (χ3n) is 6.08. The summed E-state index contributed by atoms with van der Waals surface area (Å²) in [4.78, 5) is 23.2. The number of ether oxygens (including phenoxy) is 2. The molecular formula is C26H27N3O3S. The molecule has 0 fully saturated rings. The van der Waals surface area contributed by atoms with Crippen molar-refractivity contribution in [2.75, 3.05) is 7.11 Å². The van der Waals surface area contributed by atoms with Gasteiger partial charge >= 0.3 is 5.97 Å². The third kappa shape index (κ3) is 4.37. The number of para-hydroxylation sites is 1. The zero-order valence-electron chi connectivity index (χ0n) is 19.0. The van der Waals surface area contributed by atoms with Crippen LogP contribution in [0.5, 0.6) is 5.75 Å². The lowest BCUT2D eigenvalue weighted by Crippen LogP contribution is -2.10. The topological polar surface area (TPSA) is 66.2 Å². The van der Waals surface area contributed by atoms with Crippen LogP contribution in [0.25, 0.3) is 21.6 Å². The first-order chi connectivity index (χ1) is 16.2. The van der Waals surface area contributed by atoms with Crippen molar-refractivity contribution in [1.82, 2.24) is 14.5 Å². The molecule has 0 amide bonds. The van der Waals surface area contributed by atoms with Gasteiger partial charge < -0.3 is 14.0 Å². The van der Waals surface area contributed by atoms with Crippen LogP contribution >= 0.6 is 11.3 Å². The summed E-state index contributed by atoms with van der Waals surface area (Å²) in [6.07, 6.45) is 4.41. The molecule has 2 aromatic carbocycles. The first-order valence-electron chi connectivity index (χ1n) is 11.4. The van der Waals surface area contributed by atoms with Crippen molar-refractivity contribution in [2.45, 2.75) is 52.2 Å². The zero-order chi connectivity index (χ0) is 22.8. The minimum absolute atomic E-state index is 0.219. The van der Waals surface area contributed by atoms with Crippen LogP contribution in [0.15, 0.2) is 42.5 Å². The summed E-state index contributed by atoms with van der Waals surface area (Å²) in [6, 6.07) is 14.0. The number of esters is 1. The second kappa shape index (κ2) is 9.35. The molecule has 0 radical (unpaired) electrons. The number of hydrogen-bond acceptors (Lipinski definition) is 6. The lowest BCUT2D eigenvalue weighted by atomic mass is 10.1. The average Bonchev–Trinajstić information content (AvgIpc) is 3.43. The maximum Gasteiger partial charge on any atom is 0.311 e. The summed E-state index contributed by atoms with van der Waals surface area (Å²) in [5.41, 5.74) is 4.98. The summed E-state index contributed by atoms with van der Waals surface area (Å²) >= 11 is 1.53. The fourth-order valence-electron chi connectivity index (χ4n) is 4.39. The number of nitrogens with zero attached hydrogens (tertiary/aromatic N) is 3. The van der Waals surface area contributed by atoms with Crippen molar-refractivity contribution in [3.05, 3.63) is 64.4 Å². The van der Waals surface area contributed by atoms with E-state index in [-0.39, 0.29) is 19.0 Å². The van der Waals surface area contributed by atoms with Crippen LogP contribution in [-0.2, 0) is 41.9 Å². The quantitative estimate of drug-likeness (QED) is 0.347. The van der Waals surface area contributed by atoms with Crippen LogP contribution in [-0.4, -0.2) is 27.6 Å². The second-order valence-electron chi connectivity index (χ2n) is 8.24. The number of fused-ring (bicyclic) bond motifs is 3. The molecule has 1 aliphatic heterocycles. The average molecular weight is 462 g/mol. The summed E-state index contributed by atoms with van der Waals surface area (Å²) in [6.45, 7) is 3.33. The second-order valence-corrected chi connectivity index (χ2v) is 9.32. The molecule has 33 heavy (non-hydrogen) atoms. The largest absolute Gasteiger partial charge is 0.496 e. The van der Waals surface area contributed by atoms with Crippen LogP contribution in [0.2, 0.25) is 0 Å². The molecule has 170 valence electrons. The predicted octanol–water partition coefficient (Wildman–Crippen LogP) is 5.35. The summed E-state index contributed by atoms with van der Waals surface area (Å²) < 4.78 is 13.4. The van der Waals surface area contributed by atoms with Crippen LogP contribution in [0.1, 0.15) is 41.7 Å². The molecule has 0 unspecified atom stereocenters. The van der Waals surface area contributed by atoms with Crippen molar-refractivity contribution in [3.8, 4) is 16.3 Å². The SMILES string of the molecule is CCc1nc(-c2ccccc2OC)sc1CC(=O)OCc1ccc2c(c1)nc1n2CCCC1. The highest BCUT2D eigenvalue weighted by Gasteiger charge is 2.18. The molecule has 1 aliphatic rings. The van der Waals surface area contributed by atoms with Crippen LogP contribution in [0.3, 0.4) is 0 Å². The molecule has 0 spiro atoms. The van der Waals surface area contributed by atoms with Gasteiger partial charge in [0.15, 0.2) is 0 Å². The van der Waals surface area contributed by atoms with E-state index in [1.165, 1.54) is 29.7 Å². The van der Waals surface area contributed by atoms with Gasteiger partial charge in [-0.2, -0.15) is 0 Å². The number of aryl methyl sites for hydroxylation is 3. The number of hydrogen-bond donors (Lipinski definition) is 0. The Labute approximate surface area is 197 Å². The molecule has 7 heteroatoms. The van der Waals surface area contributed by atoms with Crippen LogP contribution in [0.4, 0.5) is 0 Å². The standard InChI is InChI=1S/C26H27N3O3S/c1-3-19-23(33-26(28-19)18-8-4-5-9-22(18)31-2)15-25(30)32-16-17-11-12-21-20(14-17)27-24-10-6-7-13-29(21)24/h4-5,8-9,11-12,14H,3,6-7,10,13,15-16H2,1-2H3. The molecule has 0 saturated heterocycles. The normalized spacial score (nSPS) is 13.2. The van der Waals surface area contributed by atoms with Gasteiger partial charge in [-0.25, -0.2) is 9.97 Å². The van der Waals surface area contributed by atoms with E-state index in [0.717, 1.165) is 63.2 Å². The molecule has 0 bridgehead atoms. The molecule has 0 N–H and O–H groups in total. The van der Waals surface area contributed by atoms with Gasteiger partial charge in [0.2, 0.25) is 0 Å². The van der Waals surface area contributed by atoms with Gasteiger partial charge in [0.1, 0.15) is 23.2 Å². The highest BCUT2D eigenvalue weighted by molar-refractivity contribution is 7.15. The van der Waals surface area contributed by atoms with E-state index in [4.69, 9.17) is 19.4 Å². The highest BCUT2D eigenvalue weighted by atomic mass is 32.1. The minimum Gasteiger partial charge on any atom is -0.496 e. The van der Waals surface area contributed by atoms with Crippen molar-refractivity contribution in [2.24, 2.45) is 0 Å². The Morgan fingerprint density at radius 3 is 2.88 bits per heavy atom. The molecule has 0 atom stereocenters. The number of aromatic nitrogens is 3. The smallest absolute Gasteiger partial charge is 0.311 e. The molecule has 0 aliphatic carbocycles. The van der Waals surface area contributed by atoms with Crippen molar-refractivity contribution in [3.63, 3.8) is 0 Å². The molecular weight excluding hydrogens is 434 g/mol. The fraction of sp³-hybridized carbons (Fsp3) is 0.346. The van der Waals surface area contributed by atoms with Gasteiger partial charge in [-0.3, -0.25) is 4.79 Å². The molecule has 6 nitrogen and oxygen atoms in total. The van der Waals surface area contributed by atoms with E-state index in [9.17, 15) is 4.79 Å². The summed E-state index contributed by atoms with van der Waals surface area (Å²) in [5.74, 6) is 1.69. The van der Waals surface area contributed by atoms with Gasteiger partial charge in [-0.15, -0.1) is 11.3 Å². The van der Waals surface area contributed by atoms with E-state index in [0.29, 0.717) is 0 Å². The van der Waals surface area contributed by atoms with Crippen LogP contribution < -0.4 is 4.74 Å². The van der Waals surface area contributed by atoms with Gasteiger partial charge in [0, 0.05) is 17.8 Å². The number of thiazole rings is 1. The fourth-order valence-corrected chi connectivity index (χ4v) is 5.55. The number of carbonyl (C=O) groups is 1. The maximum absolute atomic E-state index is 12.7. The van der Waals surface area contributed by atoms with Crippen molar-refractivity contribution >= 4 is 28.3 Å². The Kier molecular flexibility index (Phi) is 6.13. The Bertz CT molecular complexity index is 1310. The first-order valence-corrected chi connectivity index (χ1v) is 12.2. The number of rotatable bonds is 7. The van der Waals surface area contributed by atoms with Crippen molar-refractivity contribution in [1.29, 1.82) is 0 Å². The predicted molar refractivity (Wildman–Crippen MR) is 130 cm³/mol. The molecule has 4 aromatic rings. The highest BCUT2D eigenvalue weighted by Crippen LogP contribution is 2.35. The number of methoxy groups -OCH3 is 1. The molecule has 3 heterocycles. The van der Waals surface area contributed by atoms with Gasteiger partial charge in [-0.1, -0.05) is 25.1 Å².